The standard InChI is InChI=1S/C11H8F3N3O/c12-11(13,14)18-10-6-3-5-9(8-10)4-1-2-7-16-17-15/h3,5-6,8H,2,7H2. The third kappa shape index (κ3) is 5.68. The molecule has 0 aliphatic heterocycles. The molecule has 1 aromatic rings. The quantitative estimate of drug-likeness (QED) is 0.267. The van der Waals surface area contributed by atoms with Crippen LogP contribution in [0.1, 0.15) is 12.0 Å². The van der Waals surface area contributed by atoms with Gasteiger partial charge >= 0.3 is 6.36 Å². The Hall–Kier alpha value is -2.32. The SMILES string of the molecule is [N-]=[N+]=NCCC#Cc1cccc(OC(F)(F)F)c1. The third-order valence-electron chi connectivity index (χ3n) is 1.70. The first kappa shape index (κ1) is 13.7. The fourth-order valence-corrected chi connectivity index (χ4v) is 1.09. The maximum Gasteiger partial charge on any atom is 0.573 e. The highest BCUT2D eigenvalue weighted by Crippen LogP contribution is 2.22. The Morgan fingerprint density at radius 3 is 2.83 bits per heavy atom. The molecule has 4 nitrogen and oxygen atoms in total. The zero-order valence-electron chi connectivity index (χ0n) is 9.11. The summed E-state index contributed by atoms with van der Waals surface area (Å²) in [5.74, 6) is 5.01. The van der Waals surface area contributed by atoms with Gasteiger partial charge in [0.25, 0.3) is 0 Å². The predicted molar refractivity (Wildman–Crippen MR) is 58.6 cm³/mol. The number of benzene rings is 1. The largest absolute Gasteiger partial charge is 0.573 e. The maximum atomic E-state index is 12.0. The molecule has 0 N–H and O–H groups in total. The second-order valence-electron chi connectivity index (χ2n) is 3.08. The molecular formula is C11H8F3N3O. The molecule has 0 fully saturated rings. The zero-order valence-corrected chi connectivity index (χ0v) is 9.11. The van der Waals surface area contributed by atoms with E-state index >= 15 is 0 Å². The molecular weight excluding hydrogens is 247 g/mol. The molecule has 0 aliphatic rings. The van der Waals surface area contributed by atoms with Crippen LogP contribution in [0.5, 0.6) is 5.75 Å². The fraction of sp³-hybridized carbons (Fsp3) is 0.273. The number of halogens is 3. The molecule has 1 rings (SSSR count). The summed E-state index contributed by atoms with van der Waals surface area (Å²) in [5.41, 5.74) is 8.41. The van der Waals surface area contributed by atoms with E-state index < -0.39 is 6.36 Å². The summed E-state index contributed by atoms with van der Waals surface area (Å²) >= 11 is 0. The van der Waals surface area contributed by atoms with E-state index in [9.17, 15) is 13.2 Å². The van der Waals surface area contributed by atoms with E-state index in [2.05, 4.69) is 26.6 Å². The molecule has 0 aliphatic carbocycles. The summed E-state index contributed by atoms with van der Waals surface area (Å²) in [6.45, 7) is 0.224. The molecule has 0 amide bonds. The smallest absolute Gasteiger partial charge is 0.406 e. The van der Waals surface area contributed by atoms with Gasteiger partial charge in [0, 0.05) is 23.4 Å². The fourth-order valence-electron chi connectivity index (χ4n) is 1.09. The van der Waals surface area contributed by atoms with Crippen LogP contribution in [0.4, 0.5) is 13.2 Å². The molecule has 0 aromatic heterocycles. The number of alkyl halides is 3. The van der Waals surface area contributed by atoms with Gasteiger partial charge in [0.1, 0.15) is 5.75 Å². The van der Waals surface area contributed by atoms with Crippen molar-refractivity contribution in [1.82, 2.24) is 0 Å². The van der Waals surface area contributed by atoms with E-state index in [1.807, 2.05) is 0 Å². The summed E-state index contributed by atoms with van der Waals surface area (Å²) in [7, 11) is 0. The number of nitrogens with zero attached hydrogens (tertiary/aromatic N) is 3. The molecule has 0 radical (unpaired) electrons. The lowest BCUT2D eigenvalue weighted by molar-refractivity contribution is -0.274. The number of rotatable bonds is 3. The van der Waals surface area contributed by atoms with Crippen LogP contribution >= 0.6 is 0 Å². The highest BCUT2D eigenvalue weighted by Gasteiger charge is 2.30. The van der Waals surface area contributed by atoms with Crippen molar-refractivity contribution in [1.29, 1.82) is 0 Å². The summed E-state index contributed by atoms with van der Waals surface area (Å²) in [4.78, 5) is 2.55. The topological polar surface area (TPSA) is 58.0 Å². The molecule has 7 heteroatoms. The van der Waals surface area contributed by atoms with Crippen LogP contribution in [0, 0.1) is 11.8 Å². The maximum absolute atomic E-state index is 12.0. The van der Waals surface area contributed by atoms with Gasteiger partial charge in [0.15, 0.2) is 0 Å². The minimum Gasteiger partial charge on any atom is -0.406 e. The van der Waals surface area contributed by atoms with Gasteiger partial charge in [0.05, 0.1) is 0 Å². The Labute approximate surface area is 101 Å². The summed E-state index contributed by atoms with van der Waals surface area (Å²) in [6.07, 6.45) is -4.37. The van der Waals surface area contributed by atoms with Gasteiger partial charge in [-0.25, -0.2) is 0 Å². The first-order valence-electron chi connectivity index (χ1n) is 4.87. The Kier molecular flexibility index (Phi) is 4.90. The van der Waals surface area contributed by atoms with Gasteiger partial charge in [0.2, 0.25) is 0 Å². The van der Waals surface area contributed by atoms with Crippen LogP contribution in [-0.2, 0) is 0 Å². The number of hydrogen-bond acceptors (Lipinski definition) is 2. The molecule has 0 unspecified atom stereocenters. The predicted octanol–water partition coefficient (Wildman–Crippen LogP) is 3.64. The summed E-state index contributed by atoms with van der Waals surface area (Å²) in [6, 6.07) is 5.36. The number of azide groups is 1. The van der Waals surface area contributed by atoms with Crippen LogP contribution in [0.15, 0.2) is 29.4 Å². The van der Waals surface area contributed by atoms with Crippen molar-refractivity contribution < 1.29 is 17.9 Å². The van der Waals surface area contributed by atoms with Crippen molar-refractivity contribution >= 4 is 0 Å². The second-order valence-corrected chi connectivity index (χ2v) is 3.08. The molecule has 94 valence electrons. The molecule has 0 heterocycles. The Morgan fingerprint density at radius 2 is 2.17 bits per heavy atom. The van der Waals surface area contributed by atoms with E-state index in [1.165, 1.54) is 18.2 Å². The highest BCUT2D eigenvalue weighted by atomic mass is 19.4. The molecule has 0 saturated carbocycles. The summed E-state index contributed by atoms with van der Waals surface area (Å²) in [5, 5.41) is 3.27. The van der Waals surface area contributed by atoms with Gasteiger partial charge in [-0.15, -0.1) is 13.2 Å². The van der Waals surface area contributed by atoms with E-state index in [0.717, 1.165) is 0 Å². The Morgan fingerprint density at radius 1 is 1.39 bits per heavy atom. The normalized spacial score (nSPS) is 9.94. The Bertz CT molecular complexity index is 510. The molecule has 0 bridgehead atoms. The van der Waals surface area contributed by atoms with Crippen LogP contribution in [0.25, 0.3) is 10.4 Å². The molecule has 18 heavy (non-hydrogen) atoms. The average Bonchev–Trinajstić information content (AvgIpc) is 2.27. The minimum atomic E-state index is -4.71. The third-order valence-corrected chi connectivity index (χ3v) is 1.70. The van der Waals surface area contributed by atoms with Gasteiger partial charge in [-0.1, -0.05) is 23.0 Å². The van der Waals surface area contributed by atoms with E-state index in [0.29, 0.717) is 12.0 Å². The highest BCUT2D eigenvalue weighted by molar-refractivity contribution is 5.39. The zero-order chi connectivity index (χ0) is 13.4. The molecule has 0 saturated heterocycles. The average molecular weight is 255 g/mol. The lowest BCUT2D eigenvalue weighted by Crippen LogP contribution is -2.17. The van der Waals surface area contributed by atoms with Crippen molar-refractivity contribution in [3.05, 3.63) is 40.3 Å². The van der Waals surface area contributed by atoms with Crippen LogP contribution in [0.2, 0.25) is 0 Å². The van der Waals surface area contributed by atoms with Gasteiger partial charge in [-0.2, -0.15) is 0 Å². The van der Waals surface area contributed by atoms with Crippen molar-refractivity contribution in [3.63, 3.8) is 0 Å². The number of hydrogen-bond donors (Lipinski definition) is 0. The van der Waals surface area contributed by atoms with Crippen LogP contribution in [0.3, 0.4) is 0 Å². The first-order chi connectivity index (χ1) is 8.51. The Balaban J connectivity index is 2.67. The lowest BCUT2D eigenvalue weighted by atomic mass is 10.2. The van der Waals surface area contributed by atoms with Crippen molar-refractivity contribution in [3.8, 4) is 17.6 Å². The van der Waals surface area contributed by atoms with Gasteiger partial charge in [-0.3, -0.25) is 0 Å². The van der Waals surface area contributed by atoms with E-state index in [-0.39, 0.29) is 12.3 Å². The summed E-state index contributed by atoms with van der Waals surface area (Å²) < 4.78 is 39.6. The monoisotopic (exact) mass is 255 g/mol. The van der Waals surface area contributed by atoms with Crippen molar-refractivity contribution in [2.45, 2.75) is 12.8 Å². The number of ether oxygens (including phenoxy) is 1. The van der Waals surface area contributed by atoms with E-state index in [4.69, 9.17) is 5.53 Å². The minimum absolute atomic E-state index is 0.224. The molecule has 1 aromatic carbocycles. The van der Waals surface area contributed by atoms with Crippen molar-refractivity contribution in [2.75, 3.05) is 6.54 Å². The second kappa shape index (κ2) is 6.42. The molecule has 0 spiro atoms. The lowest BCUT2D eigenvalue weighted by Gasteiger charge is -2.08. The first-order valence-corrected chi connectivity index (χ1v) is 4.87. The molecule has 0 atom stereocenters. The van der Waals surface area contributed by atoms with Crippen LogP contribution < -0.4 is 4.74 Å². The van der Waals surface area contributed by atoms with Gasteiger partial charge < -0.3 is 4.74 Å². The van der Waals surface area contributed by atoms with E-state index in [1.54, 1.807) is 6.07 Å². The van der Waals surface area contributed by atoms with Crippen molar-refractivity contribution in [2.24, 2.45) is 5.11 Å². The van der Waals surface area contributed by atoms with Gasteiger partial charge in [-0.05, 0) is 23.7 Å². The van der Waals surface area contributed by atoms with Crippen LogP contribution in [-0.4, -0.2) is 12.9 Å².